The highest BCUT2D eigenvalue weighted by Gasteiger charge is 2.60. The zero-order chi connectivity index (χ0) is 20.0. The van der Waals surface area contributed by atoms with Gasteiger partial charge < -0.3 is 4.74 Å². The van der Waals surface area contributed by atoms with Gasteiger partial charge >= 0.3 is 5.66 Å². The number of hydrogen-bond donors (Lipinski definition) is 0. The lowest BCUT2D eigenvalue weighted by atomic mass is 10.1. The molecule has 0 aliphatic carbocycles. The molecule has 0 saturated heterocycles. The second-order valence-corrected chi connectivity index (χ2v) is 8.59. The van der Waals surface area contributed by atoms with Crippen LogP contribution in [0.1, 0.15) is 33.3 Å². The van der Waals surface area contributed by atoms with Gasteiger partial charge in [-0.25, -0.2) is 9.34 Å². The van der Waals surface area contributed by atoms with Gasteiger partial charge in [0.2, 0.25) is 5.78 Å². The van der Waals surface area contributed by atoms with E-state index in [0.29, 0.717) is 11.3 Å². The Morgan fingerprint density at radius 3 is 1.77 bits per heavy atom. The monoisotopic (exact) mass is 390 g/mol. The van der Waals surface area contributed by atoms with E-state index in [9.17, 15) is 9.36 Å². The summed E-state index contributed by atoms with van der Waals surface area (Å²) >= 11 is 0. The minimum atomic E-state index is -4.39. The maximum absolute atomic E-state index is 15.2. The SMILES string of the molecule is CCN(CC)P(=O)(N(CC)CC)C(F)(F)C(=O)Cc1ccc(OC)cc1. The quantitative estimate of drug-likeness (QED) is 0.528. The Kier molecular flexibility index (Phi) is 8.38. The van der Waals surface area contributed by atoms with Crippen molar-refractivity contribution < 1.29 is 22.9 Å². The van der Waals surface area contributed by atoms with Crippen LogP contribution in [0.25, 0.3) is 0 Å². The second kappa shape index (κ2) is 9.58. The molecule has 0 atom stereocenters. The third kappa shape index (κ3) is 4.33. The van der Waals surface area contributed by atoms with Gasteiger partial charge in [0.05, 0.1) is 7.11 Å². The predicted molar refractivity (Wildman–Crippen MR) is 100 cm³/mol. The Balaban J connectivity index is 3.24. The molecular formula is C18H29F2N2O3P. The van der Waals surface area contributed by atoms with Gasteiger partial charge in [-0.05, 0) is 17.7 Å². The van der Waals surface area contributed by atoms with Crippen molar-refractivity contribution in [1.82, 2.24) is 9.34 Å². The Hall–Kier alpha value is -1.30. The first-order chi connectivity index (χ1) is 12.2. The largest absolute Gasteiger partial charge is 0.497 e. The smallest absolute Gasteiger partial charge is 0.381 e. The van der Waals surface area contributed by atoms with Crippen molar-refractivity contribution in [2.45, 2.75) is 39.8 Å². The molecule has 5 nitrogen and oxygen atoms in total. The molecule has 8 heteroatoms. The Morgan fingerprint density at radius 2 is 1.42 bits per heavy atom. The van der Waals surface area contributed by atoms with E-state index in [1.165, 1.54) is 16.5 Å². The van der Waals surface area contributed by atoms with Crippen molar-refractivity contribution in [3.05, 3.63) is 29.8 Å². The number of rotatable bonds is 11. The van der Waals surface area contributed by atoms with E-state index in [2.05, 4.69) is 0 Å². The fourth-order valence-electron chi connectivity index (χ4n) is 2.95. The lowest BCUT2D eigenvalue weighted by Crippen LogP contribution is -2.45. The summed E-state index contributed by atoms with van der Waals surface area (Å²) in [6, 6.07) is 6.34. The molecule has 26 heavy (non-hydrogen) atoms. The molecule has 148 valence electrons. The number of alkyl halides is 2. The van der Waals surface area contributed by atoms with Crippen LogP contribution in [0.15, 0.2) is 24.3 Å². The number of carbonyl (C=O) groups is 1. The van der Waals surface area contributed by atoms with Gasteiger partial charge in [0, 0.05) is 32.6 Å². The standard InChI is InChI=1S/C18H29F2N2O3P/c1-6-21(7-2)26(24,22(8-3)9-4)18(19,20)17(23)14-15-10-12-16(25-5)13-11-15/h10-13H,6-9,14H2,1-5H3. The molecule has 1 aromatic carbocycles. The van der Waals surface area contributed by atoms with Crippen LogP contribution in [-0.2, 0) is 15.8 Å². The van der Waals surface area contributed by atoms with E-state index in [1.54, 1.807) is 52.0 Å². The molecule has 0 aromatic heterocycles. The molecule has 0 bridgehead atoms. The fraction of sp³-hybridized carbons (Fsp3) is 0.611. The molecule has 0 N–H and O–H groups in total. The minimum absolute atomic E-state index is 0.176. The molecule has 0 fully saturated rings. The summed E-state index contributed by atoms with van der Waals surface area (Å²) in [5, 5.41) is 0. The lowest BCUT2D eigenvalue weighted by Gasteiger charge is -2.41. The van der Waals surface area contributed by atoms with Crippen molar-refractivity contribution in [3.8, 4) is 5.75 Å². The third-order valence-corrected chi connectivity index (χ3v) is 8.10. The highest BCUT2D eigenvalue weighted by atomic mass is 31.2. The van der Waals surface area contributed by atoms with Crippen molar-refractivity contribution in [2.24, 2.45) is 0 Å². The van der Waals surface area contributed by atoms with Gasteiger partial charge in [0.15, 0.2) is 0 Å². The van der Waals surface area contributed by atoms with Crippen molar-refractivity contribution in [1.29, 1.82) is 0 Å². The molecule has 0 aliphatic heterocycles. The van der Waals surface area contributed by atoms with Crippen LogP contribution in [0.5, 0.6) is 5.75 Å². The highest BCUT2D eigenvalue weighted by molar-refractivity contribution is 7.61. The van der Waals surface area contributed by atoms with Crippen LogP contribution >= 0.6 is 7.44 Å². The van der Waals surface area contributed by atoms with Crippen LogP contribution in [0.3, 0.4) is 0 Å². The Morgan fingerprint density at radius 1 is 1.00 bits per heavy atom. The van der Waals surface area contributed by atoms with Gasteiger partial charge in [-0.2, -0.15) is 8.78 Å². The Labute approximate surface area is 154 Å². The predicted octanol–water partition coefficient (Wildman–Crippen LogP) is 4.28. The van der Waals surface area contributed by atoms with E-state index in [4.69, 9.17) is 4.74 Å². The van der Waals surface area contributed by atoms with E-state index >= 15 is 8.78 Å². The van der Waals surface area contributed by atoms with Crippen molar-refractivity contribution in [3.63, 3.8) is 0 Å². The summed E-state index contributed by atoms with van der Waals surface area (Å²) in [4.78, 5) is 12.5. The van der Waals surface area contributed by atoms with Gasteiger partial charge in [0.25, 0.3) is 7.44 Å². The van der Waals surface area contributed by atoms with Crippen molar-refractivity contribution >= 4 is 13.2 Å². The number of benzene rings is 1. The summed E-state index contributed by atoms with van der Waals surface area (Å²) in [6.07, 6.45) is -0.483. The zero-order valence-electron chi connectivity index (χ0n) is 16.2. The molecular weight excluding hydrogens is 361 g/mol. The normalized spacial score (nSPS) is 12.7. The average Bonchev–Trinajstić information content (AvgIpc) is 2.64. The molecule has 0 heterocycles. The third-order valence-electron chi connectivity index (χ3n) is 4.45. The number of hydrogen-bond acceptors (Lipinski definition) is 3. The summed E-state index contributed by atoms with van der Waals surface area (Å²) in [5.74, 6) is -0.755. The van der Waals surface area contributed by atoms with Gasteiger partial charge in [-0.3, -0.25) is 9.36 Å². The first kappa shape index (κ1) is 22.7. The van der Waals surface area contributed by atoms with E-state index in [1.807, 2.05) is 0 Å². The maximum atomic E-state index is 15.2. The molecule has 1 rings (SSSR count). The number of methoxy groups -OCH3 is 1. The molecule has 0 aliphatic rings. The van der Waals surface area contributed by atoms with Gasteiger partial charge in [-0.15, -0.1) is 0 Å². The molecule has 0 amide bonds. The van der Waals surface area contributed by atoms with E-state index in [0.717, 1.165) is 0 Å². The number of nitrogens with zero attached hydrogens (tertiary/aromatic N) is 2. The van der Waals surface area contributed by atoms with Crippen LogP contribution < -0.4 is 4.74 Å². The minimum Gasteiger partial charge on any atom is -0.497 e. The number of carbonyl (C=O) groups excluding carboxylic acids is 1. The lowest BCUT2D eigenvalue weighted by molar-refractivity contribution is -0.133. The summed E-state index contributed by atoms with van der Waals surface area (Å²) in [7, 11) is -2.89. The molecule has 0 saturated carbocycles. The maximum Gasteiger partial charge on any atom is 0.381 e. The van der Waals surface area contributed by atoms with Crippen molar-refractivity contribution in [2.75, 3.05) is 33.3 Å². The summed E-state index contributed by atoms with van der Waals surface area (Å²) < 4.78 is 51.5. The summed E-state index contributed by atoms with van der Waals surface area (Å²) in [5.41, 5.74) is -3.52. The number of ether oxygens (including phenoxy) is 1. The molecule has 0 unspecified atom stereocenters. The first-order valence-corrected chi connectivity index (χ1v) is 10.5. The topological polar surface area (TPSA) is 49.9 Å². The average molecular weight is 390 g/mol. The van der Waals surface area contributed by atoms with Crippen LogP contribution in [-0.4, -0.2) is 54.1 Å². The van der Waals surface area contributed by atoms with Crippen LogP contribution in [0, 0.1) is 0 Å². The first-order valence-electron chi connectivity index (χ1n) is 8.87. The number of halogens is 2. The second-order valence-electron chi connectivity index (χ2n) is 5.81. The Bertz CT molecular complexity index is 614. The number of ketones is 1. The molecule has 0 radical (unpaired) electrons. The van der Waals surface area contributed by atoms with Crippen LogP contribution in [0.4, 0.5) is 8.78 Å². The molecule has 0 spiro atoms. The zero-order valence-corrected chi connectivity index (χ0v) is 17.1. The molecule has 1 aromatic rings. The van der Waals surface area contributed by atoms with E-state index < -0.39 is 25.3 Å². The fourth-order valence-corrected chi connectivity index (χ4v) is 5.95. The van der Waals surface area contributed by atoms with Gasteiger partial charge in [0.1, 0.15) is 5.75 Å². The van der Waals surface area contributed by atoms with Crippen LogP contribution in [0.2, 0.25) is 0 Å². The van der Waals surface area contributed by atoms with E-state index in [-0.39, 0.29) is 26.2 Å². The highest BCUT2D eigenvalue weighted by Crippen LogP contribution is 2.65. The van der Waals surface area contributed by atoms with Gasteiger partial charge in [-0.1, -0.05) is 39.8 Å². The number of Topliss-reactive ketones (excluding diaryl/α,β-unsaturated/α-hetero) is 1. The summed E-state index contributed by atoms with van der Waals surface area (Å²) in [6.45, 7) is 7.39.